The third-order valence-corrected chi connectivity index (χ3v) is 5.39. The van der Waals surface area contributed by atoms with Gasteiger partial charge in [-0.05, 0) is 57.8 Å². The summed E-state index contributed by atoms with van der Waals surface area (Å²) in [4.78, 5) is 20.8. The quantitative estimate of drug-likeness (QED) is 0.767. The van der Waals surface area contributed by atoms with Crippen molar-refractivity contribution < 1.29 is 4.79 Å². The standard InChI is InChI=1S/C11H10Br2N4OS/c1-5-3-6(2)15-11(14-5)17-16-10(18)8-4-7(12)9(13)19-8/h3-4H,1-2H3,(H,16,18)(H,14,15,17). The van der Waals surface area contributed by atoms with Gasteiger partial charge in [-0.25, -0.2) is 9.97 Å². The zero-order valence-corrected chi connectivity index (χ0v) is 14.1. The van der Waals surface area contributed by atoms with Crippen LogP contribution in [0.3, 0.4) is 0 Å². The third-order valence-electron chi connectivity index (χ3n) is 2.14. The number of aryl methyl sites for hydroxylation is 2. The minimum absolute atomic E-state index is 0.237. The molecule has 0 aliphatic carbocycles. The molecule has 0 unspecified atom stereocenters. The molecule has 0 saturated heterocycles. The summed E-state index contributed by atoms with van der Waals surface area (Å²) in [7, 11) is 0. The van der Waals surface area contributed by atoms with Crippen LogP contribution < -0.4 is 10.9 Å². The van der Waals surface area contributed by atoms with Crippen molar-refractivity contribution in [3.05, 3.63) is 36.7 Å². The van der Waals surface area contributed by atoms with Crippen molar-refractivity contribution in [2.75, 3.05) is 5.43 Å². The molecule has 0 atom stereocenters. The second-order valence-corrected chi connectivity index (χ2v) is 7.01. The molecule has 5 nitrogen and oxygen atoms in total. The van der Waals surface area contributed by atoms with E-state index in [1.165, 1.54) is 11.3 Å². The van der Waals surface area contributed by atoms with E-state index < -0.39 is 0 Å². The van der Waals surface area contributed by atoms with Crippen LogP contribution in [0.1, 0.15) is 21.1 Å². The van der Waals surface area contributed by atoms with Crippen LogP contribution in [0.2, 0.25) is 0 Å². The number of carbonyl (C=O) groups is 1. The molecule has 0 aromatic carbocycles. The lowest BCUT2D eigenvalue weighted by molar-refractivity contribution is 0.0966. The monoisotopic (exact) mass is 404 g/mol. The van der Waals surface area contributed by atoms with E-state index in [0.29, 0.717) is 10.8 Å². The average molecular weight is 406 g/mol. The minimum Gasteiger partial charge on any atom is -0.266 e. The van der Waals surface area contributed by atoms with E-state index in [1.807, 2.05) is 19.9 Å². The van der Waals surface area contributed by atoms with E-state index in [9.17, 15) is 4.79 Å². The zero-order chi connectivity index (χ0) is 14.0. The van der Waals surface area contributed by atoms with Gasteiger partial charge < -0.3 is 0 Å². The number of nitrogens with one attached hydrogen (secondary N) is 2. The van der Waals surface area contributed by atoms with Gasteiger partial charge in [-0.1, -0.05) is 0 Å². The average Bonchev–Trinajstić information content (AvgIpc) is 2.65. The first kappa shape index (κ1) is 14.4. The van der Waals surface area contributed by atoms with Crippen LogP contribution in [-0.2, 0) is 0 Å². The summed E-state index contributed by atoms with van der Waals surface area (Å²) < 4.78 is 1.73. The number of rotatable bonds is 3. The van der Waals surface area contributed by atoms with Crippen LogP contribution in [0.4, 0.5) is 5.95 Å². The number of hydrogen-bond acceptors (Lipinski definition) is 5. The molecule has 0 spiro atoms. The molecule has 2 rings (SSSR count). The van der Waals surface area contributed by atoms with Crippen LogP contribution in [-0.4, -0.2) is 15.9 Å². The number of amides is 1. The van der Waals surface area contributed by atoms with Crippen LogP contribution >= 0.6 is 43.2 Å². The van der Waals surface area contributed by atoms with Crippen molar-refractivity contribution in [2.24, 2.45) is 0 Å². The number of carbonyl (C=O) groups excluding carboxylic acids is 1. The summed E-state index contributed by atoms with van der Waals surface area (Å²) in [6, 6.07) is 3.61. The van der Waals surface area contributed by atoms with Gasteiger partial charge in [-0.3, -0.25) is 15.6 Å². The molecule has 0 bridgehead atoms. The number of thiophene rings is 1. The molecule has 2 aromatic heterocycles. The summed E-state index contributed by atoms with van der Waals surface area (Å²) in [5.74, 6) is 0.139. The third kappa shape index (κ3) is 3.74. The van der Waals surface area contributed by atoms with Crippen molar-refractivity contribution in [3.63, 3.8) is 0 Å². The largest absolute Gasteiger partial charge is 0.279 e. The molecule has 0 radical (unpaired) electrons. The Morgan fingerprint density at radius 2 is 1.84 bits per heavy atom. The summed E-state index contributed by atoms with van der Waals surface area (Å²) >= 11 is 8.02. The maximum absolute atomic E-state index is 11.9. The second kappa shape index (κ2) is 5.98. The van der Waals surface area contributed by atoms with E-state index in [1.54, 1.807) is 6.07 Å². The molecule has 2 N–H and O–H groups in total. The Morgan fingerprint density at radius 3 is 2.37 bits per heavy atom. The molecule has 100 valence electrons. The second-order valence-electron chi connectivity index (χ2n) is 3.79. The molecular formula is C11H10Br2N4OS. The van der Waals surface area contributed by atoms with E-state index in [-0.39, 0.29) is 5.91 Å². The fourth-order valence-corrected chi connectivity index (χ4v) is 3.35. The first-order valence-corrected chi connectivity index (χ1v) is 7.69. The molecule has 0 saturated carbocycles. The van der Waals surface area contributed by atoms with Crippen LogP contribution in [0, 0.1) is 13.8 Å². The van der Waals surface area contributed by atoms with E-state index >= 15 is 0 Å². The van der Waals surface area contributed by atoms with E-state index in [0.717, 1.165) is 19.6 Å². The Bertz CT molecular complexity index is 589. The topological polar surface area (TPSA) is 66.9 Å². The van der Waals surface area contributed by atoms with Crippen LogP contribution in [0.25, 0.3) is 0 Å². The fourth-order valence-electron chi connectivity index (χ4n) is 1.41. The lowest BCUT2D eigenvalue weighted by atomic mass is 10.4. The molecule has 0 aliphatic heterocycles. The molecule has 2 aromatic rings. The number of nitrogens with zero attached hydrogens (tertiary/aromatic N) is 2. The number of aromatic nitrogens is 2. The Labute approximate surface area is 131 Å². The van der Waals surface area contributed by atoms with Gasteiger partial charge in [0.1, 0.15) is 0 Å². The number of anilines is 1. The summed E-state index contributed by atoms with van der Waals surface area (Å²) in [5, 5.41) is 0. The number of halogens is 2. The molecule has 0 fully saturated rings. The van der Waals surface area contributed by atoms with Crippen molar-refractivity contribution in [1.29, 1.82) is 0 Å². The van der Waals surface area contributed by atoms with Gasteiger partial charge in [-0.2, -0.15) is 0 Å². The van der Waals surface area contributed by atoms with Crippen molar-refractivity contribution in [1.82, 2.24) is 15.4 Å². The predicted molar refractivity (Wildman–Crippen MR) is 82.3 cm³/mol. The molecule has 8 heteroatoms. The highest BCUT2D eigenvalue weighted by atomic mass is 79.9. The van der Waals surface area contributed by atoms with Gasteiger partial charge in [0.05, 0.1) is 8.66 Å². The minimum atomic E-state index is -0.237. The highest BCUT2D eigenvalue weighted by molar-refractivity contribution is 9.13. The highest BCUT2D eigenvalue weighted by Gasteiger charge is 2.12. The first-order chi connectivity index (χ1) is 8.95. The summed E-state index contributed by atoms with van der Waals surface area (Å²) in [5.41, 5.74) is 6.95. The summed E-state index contributed by atoms with van der Waals surface area (Å²) in [6.45, 7) is 3.74. The molecule has 2 heterocycles. The van der Waals surface area contributed by atoms with Gasteiger partial charge in [-0.15, -0.1) is 11.3 Å². The van der Waals surface area contributed by atoms with Crippen molar-refractivity contribution in [2.45, 2.75) is 13.8 Å². The molecule has 0 aliphatic rings. The predicted octanol–water partition coefficient (Wildman–Crippen LogP) is 3.44. The lowest BCUT2D eigenvalue weighted by Gasteiger charge is -2.07. The first-order valence-electron chi connectivity index (χ1n) is 5.29. The number of hydrazine groups is 1. The lowest BCUT2D eigenvalue weighted by Crippen LogP contribution is -2.29. The maximum Gasteiger partial charge on any atom is 0.279 e. The van der Waals surface area contributed by atoms with Crippen molar-refractivity contribution >= 4 is 55.1 Å². The van der Waals surface area contributed by atoms with Gasteiger partial charge in [0.15, 0.2) is 0 Å². The van der Waals surface area contributed by atoms with Gasteiger partial charge >= 0.3 is 0 Å². The zero-order valence-electron chi connectivity index (χ0n) is 10.1. The number of hydrogen-bond donors (Lipinski definition) is 2. The summed E-state index contributed by atoms with van der Waals surface area (Å²) in [6.07, 6.45) is 0. The Kier molecular flexibility index (Phi) is 4.54. The van der Waals surface area contributed by atoms with Crippen LogP contribution in [0.5, 0.6) is 0 Å². The Balaban J connectivity index is 2.04. The SMILES string of the molecule is Cc1cc(C)nc(NNC(=O)c2cc(Br)c(Br)s2)n1. The van der Waals surface area contributed by atoms with Gasteiger partial charge in [0.25, 0.3) is 5.91 Å². The normalized spacial score (nSPS) is 10.3. The molecule has 19 heavy (non-hydrogen) atoms. The van der Waals surface area contributed by atoms with Gasteiger partial charge in [0, 0.05) is 15.9 Å². The maximum atomic E-state index is 11.9. The van der Waals surface area contributed by atoms with Gasteiger partial charge in [0.2, 0.25) is 5.95 Å². The van der Waals surface area contributed by atoms with E-state index in [4.69, 9.17) is 0 Å². The Morgan fingerprint density at radius 1 is 1.21 bits per heavy atom. The smallest absolute Gasteiger partial charge is 0.266 e. The fraction of sp³-hybridized carbons (Fsp3) is 0.182. The Hall–Kier alpha value is -0.990. The molecule has 1 amide bonds. The van der Waals surface area contributed by atoms with E-state index in [2.05, 4.69) is 52.7 Å². The molecular weight excluding hydrogens is 396 g/mol. The van der Waals surface area contributed by atoms with Crippen LogP contribution in [0.15, 0.2) is 20.4 Å². The van der Waals surface area contributed by atoms with Crippen molar-refractivity contribution in [3.8, 4) is 0 Å². The highest BCUT2D eigenvalue weighted by Crippen LogP contribution is 2.32.